The van der Waals surface area contributed by atoms with Gasteiger partial charge in [-0.1, -0.05) is 28.1 Å². The fourth-order valence-electron chi connectivity index (χ4n) is 3.07. The molecule has 0 saturated heterocycles. The van der Waals surface area contributed by atoms with Gasteiger partial charge in [-0.3, -0.25) is 4.79 Å². The molecule has 10 heteroatoms. The largest absolute Gasteiger partial charge is 0.493 e. The molecule has 1 heterocycles. The molecule has 0 aliphatic carbocycles. The molecule has 0 spiro atoms. The first-order chi connectivity index (χ1) is 16.3. The van der Waals surface area contributed by atoms with Gasteiger partial charge in [0.15, 0.2) is 17.3 Å². The predicted octanol–water partition coefficient (Wildman–Crippen LogP) is 7.21. The molecule has 6 nitrogen and oxygen atoms in total. The SMILES string of the molecule is COc1cc(/C=N\NC(=O)c2cc3cc(Br)cc(Br)c3o2)c(Br)cc1OCc1ccc(F)cc1. The first-order valence-corrected chi connectivity index (χ1v) is 12.2. The van der Waals surface area contributed by atoms with Crippen molar-refractivity contribution >= 4 is 70.9 Å². The number of hydrogen-bond acceptors (Lipinski definition) is 5. The Balaban J connectivity index is 1.45. The lowest BCUT2D eigenvalue weighted by atomic mass is 10.2. The highest BCUT2D eigenvalue weighted by Gasteiger charge is 2.15. The molecule has 0 aliphatic heterocycles. The Kier molecular flexibility index (Phi) is 7.70. The van der Waals surface area contributed by atoms with Crippen LogP contribution in [0.2, 0.25) is 0 Å². The van der Waals surface area contributed by atoms with Crippen molar-refractivity contribution in [2.75, 3.05) is 7.11 Å². The number of furan rings is 1. The number of fused-ring (bicyclic) bond motifs is 1. The number of halogens is 4. The van der Waals surface area contributed by atoms with Crippen LogP contribution in [0.15, 0.2) is 77.5 Å². The molecule has 0 saturated carbocycles. The summed E-state index contributed by atoms with van der Waals surface area (Å²) in [7, 11) is 1.52. The van der Waals surface area contributed by atoms with E-state index in [2.05, 4.69) is 58.3 Å². The number of methoxy groups -OCH3 is 1. The average molecular weight is 655 g/mol. The van der Waals surface area contributed by atoms with Gasteiger partial charge in [-0.15, -0.1) is 0 Å². The summed E-state index contributed by atoms with van der Waals surface area (Å²) >= 11 is 10.3. The van der Waals surface area contributed by atoms with Crippen LogP contribution in [0.3, 0.4) is 0 Å². The van der Waals surface area contributed by atoms with Crippen molar-refractivity contribution in [1.82, 2.24) is 5.43 Å². The van der Waals surface area contributed by atoms with E-state index in [4.69, 9.17) is 13.9 Å². The number of hydrazone groups is 1. The highest BCUT2D eigenvalue weighted by Crippen LogP contribution is 2.34. The second-order valence-electron chi connectivity index (χ2n) is 7.06. The molecule has 3 aromatic carbocycles. The lowest BCUT2D eigenvalue weighted by Gasteiger charge is -2.12. The van der Waals surface area contributed by atoms with Gasteiger partial charge in [0, 0.05) is 19.9 Å². The Morgan fingerprint density at radius 3 is 2.56 bits per heavy atom. The van der Waals surface area contributed by atoms with Gasteiger partial charge in [0.2, 0.25) is 0 Å². The number of rotatable bonds is 7. The summed E-state index contributed by atoms with van der Waals surface area (Å²) in [5.74, 6) is 0.315. The molecular weight excluding hydrogens is 639 g/mol. The maximum absolute atomic E-state index is 13.1. The summed E-state index contributed by atoms with van der Waals surface area (Å²) in [5.41, 5.74) is 4.50. The van der Waals surface area contributed by atoms with Gasteiger partial charge < -0.3 is 13.9 Å². The van der Waals surface area contributed by atoms with E-state index in [0.29, 0.717) is 27.1 Å². The summed E-state index contributed by atoms with van der Waals surface area (Å²) in [6, 6.07) is 14.8. The molecule has 1 aromatic heterocycles. The minimum Gasteiger partial charge on any atom is -0.493 e. The number of benzene rings is 3. The van der Waals surface area contributed by atoms with Gasteiger partial charge in [0.1, 0.15) is 18.0 Å². The van der Waals surface area contributed by atoms with Crippen molar-refractivity contribution in [3.63, 3.8) is 0 Å². The van der Waals surface area contributed by atoms with Gasteiger partial charge in [0.05, 0.1) is 17.8 Å². The van der Waals surface area contributed by atoms with E-state index in [-0.39, 0.29) is 18.2 Å². The standard InChI is InChI=1S/C24H16Br3FN2O4/c1-32-20-8-15(18(26)10-21(20)33-12-13-2-4-17(28)5-3-13)11-29-30-24(31)22-7-14-6-16(25)9-19(27)23(14)34-22/h2-11H,12H2,1H3,(H,30,31)/b29-11-. The van der Waals surface area contributed by atoms with Crippen LogP contribution in [0.25, 0.3) is 11.0 Å². The van der Waals surface area contributed by atoms with Crippen LogP contribution in [-0.4, -0.2) is 19.2 Å². The lowest BCUT2D eigenvalue weighted by molar-refractivity contribution is 0.0929. The number of amides is 1. The highest BCUT2D eigenvalue weighted by molar-refractivity contribution is 9.11. The number of carbonyl (C=O) groups is 1. The summed E-state index contributed by atoms with van der Waals surface area (Å²) in [6.45, 7) is 0.247. The molecule has 0 unspecified atom stereocenters. The Morgan fingerprint density at radius 2 is 1.82 bits per heavy atom. The second kappa shape index (κ2) is 10.7. The monoisotopic (exact) mass is 652 g/mol. The Bertz CT molecular complexity index is 1390. The summed E-state index contributed by atoms with van der Waals surface area (Å²) < 4.78 is 32.2. The number of nitrogens with zero attached hydrogens (tertiary/aromatic N) is 1. The maximum Gasteiger partial charge on any atom is 0.307 e. The van der Waals surface area contributed by atoms with Crippen molar-refractivity contribution in [3.05, 3.63) is 90.7 Å². The van der Waals surface area contributed by atoms with E-state index in [1.54, 1.807) is 30.3 Å². The second-order valence-corrected chi connectivity index (χ2v) is 9.68. The predicted molar refractivity (Wildman–Crippen MR) is 138 cm³/mol. The molecule has 0 fully saturated rings. The Hall–Kier alpha value is -2.69. The Labute approximate surface area is 219 Å². The van der Waals surface area contributed by atoms with Crippen LogP contribution >= 0.6 is 47.8 Å². The fraction of sp³-hybridized carbons (Fsp3) is 0.0833. The van der Waals surface area contributed by atoms with E-state index >= 15 is 0 Å². The van der Waals surface area contributed by atoms with Crippen LogP contribution in [0.4, 0.5) is 4.39 Å². The van der Waals surface area contributed by atoms with Crippen molar-refractivity contribution in [2.45, 2.75) is 6.61 Å². The van der Waals surface area contributed by atoms with Crippen LogP contribution < -0.4 is 14.9 Å². The third-order valence-corrected chi connectivity index (χ3v) is 6.45. The minimum absolute atomic E-state index is 0.132. The van der Waals surface area contributed by atoms with Gasteiger partial charge >= 0.3 is 5.91 Å². The van der Waals surface area contributed by atoms with E-state index in [1.165, 1.54) is 25.5 Å². The van der Waals surface area contributed by atoms with Crippen molar-refractivity contribution in [3.8, 4) is 11.5 Å². The van der Waals surface area contributed by atoms with Crippen LogP contribution in [0.5, 0.6) is 11.5 Å². The summed E-state index contributed by atoms with van der Waals surface area (Å²) in [5, 5.41) is 4.81. The average Bonchev–Trinajstić information content (AvgIpc) is 3.24. The number of ether oxygens (including phenoxy) is 2. The normalized spacial score (nSPS) is 11.2. The molecule has 4 rings (SSSR count). The molecule has 0 atom stereocenters. The molecule has 0 bridgehead atoms. The van der Waals surface area contributed by atoms with Crippen molar-refractivity contribution in [1.29, 1.82) is 0 Å². The smallest absolute Gasteiger partial charge is 0.307 e. The minimum atomic E-state index is -0.488. The van der Waals surface area contributed by atoms with Crippen molar-refractivity contribution in [2.24, 2.45) is 5.10 Å². The topological polar surface area (TPSA) is 73.1 Å². The van der Waals surface area contributed by atoms with E-state index in [9.17, 15) is 9.18 Å². The number of nitrogens with one attached hydrogen (secondary N) is 1. The van der Waals surface area contributed by atoms with Crippen LogP contribution in [0.1, 0.15) is 21.7 Å². The zero-order chi connectivity index (χ0) is 24.2. The highest BCUT2D eigenvalue weighted by atomic mass is 79.9. The summed E-state index contributed by atoms with van der Waals surface area (Å²) in [4.78, 5) is 12.5. The zero-order valence-corrected chi connectivity index (χ0v) is 22.3. The first kappa shape index (κ1) is 24.4. The lowest BCUT2D eigenvalue weighted by Crippen LogP contribution is -2.16. The van der Waals surface area contributed by atoms with Crippen molar-refractivity contribution < 1.29 is 23.1 Å². The third kappa shape index (κ3) is 5.68. The first-order valence-electron chi connectivity index (χ1n) is 9.81. The third-order valence-electron chi connectivity index (χ3n) is 4.72. The van der Waals surface area contributed by atoms with Crippen LogP contribution in [0, 0.1) is 5.82 Å². The van der Waals surface area contributed by atoms with E-state index in [0.717, 1.165) is 19.9 Å². The quantitative estimate of drug-likeness (QED) is 0.169. The fourth-order valence-corrected chi connectivity index (χ4v) is 4.83. The molecule has 1 N–H and O–H groups in total. The van der Waals surface area contributed by atoms with Gasteiger partial charge in [0.25, 0.3) is 0 Å². The van der Waals surface area contributed by atoms with Gasteiger partial charge in [-0.25, -0.2) is 9.82 Å². The summed E-state index contributed by atoms with van der Waals surface area (Å²) in [6.07, 6.45) is 1.48. The molecule has 4 aromatic rings. The molecule has 0 aliphatic rings. The molecule has 0 radical (unpaired) electrons. The van der Waals surface area contributed by atoms with E-state index in [1.807, 2.05) is 12.1 Å². The molecule has 174 valence electrons. The number of hydrogen-bond donors (Lipinski definition) is 1. The molecule has 1 amide bonds. The van der Waals surface area contributed by atoms with Gasteiger partial charge in [-0.2, -0.15) is 5.10 Å². The molecule has 34 heavy (non-hydrogen) atoms. The van der Waals surface area contributed by atoms with Crippen LogP contribution in [-0.2, 0) is 6.61 Å². The molecular formula is C24H16Br3FN2O4. The van der Waals surface area contributed by atoms with E-state index < -0.39 is 5.91 Å². The van der Waals surface area contributed by atoms with Gasteiger partial charge in [-0.05, 0) is 79.9 Å². The number of carbonyl (C=O) groups excluding carboxylic acids is 1. The Morgan fingerprint density at radius 1 is 1.06 bits per heavy atom. The zero-order valence-electron chi connectivity index (χ0n) is 17.6. The maximum atomic E-state index is 13.1.